The van der Waals surface area contributed by atoms with E-state index in [2.05, 4.69) is 10.1 Å². The standard InChI is InChI=1S/C19H22N2O5S/c1-4-14-8-10-17(11-9-14)21(27(3,24)25)13-18(22)20-16-7-5-6-15(12-16)19(23)26-2/h5-12H,4,13H2,1-3H3,(H,20,22). The van der Waals surface area contributed by atoms with Gasteiger partial charge in [-0.25, -0.2) is 13.2 Å². The number of sulfonamides is 1. The summed E-state index contributed by atoms with van der Waals surface area (Å²) in [6.45, 7) is 1.62. The molecule has 2 aromatic carbocycles. The minimum Gasteiger partial charge on any atom is -0.465 e. The van der Waals surface area contributed by atoms with Gasteiger partial charge in [-0.3, -0.25) is 9.10 Å². The minimum absolute atomic E-state index is 0.283. The quantitative estimate of drug-likeness (QED) is 0.733. The van der Waals surface area contributed by atoms with Crippen molar-refractivity contribution in [3.05, 3.63) is 59.7 Å². The van der Waals surface area contributed by atoms with Crippen LogP contribution in [0.15, 0.2) is 48.5 Å². The van der Waals surface area contributed by atoms with E-state index in [0.717, 1.165) is 22.5 Å². The number of aryl methyl sites for hydroxylation is 1. The van der Waals surface area contributed by atoms with Crippen LogP contribution in [0.2, 0.25) is 0 Å². The molecular weight excluding hydrogens is 368 g/mol. The van der Waals surface area contributed by atoms with Gasteiger partial charge in [0.15, 0.2) is 0 Å². The van der Waals surface area contributed by atoms with Crippen molar-refractivity contribution in [1.82, 2.24) is 0 Å². The summed E-state index contributed by atoms with van der Waals surface area (Å²) in [6.07, 6.45) is 1.88. The maximum atomic E-state index is 12.4. The number of anilines is 2. The lowest BCUT2D eigenvalue weighted by Gasteiger charge is -2.22. The summed E-state index contributed by atoms with van der Waals surface area (Å²) in [4.78, 5) is 24.0. The summed E-state index contributed by atoms with van der Waals surface area (Å²) in [5.74, 6) is -1.05. The van der Waals surface area contributed by atoms with Gasteiger partial charge in [-0.05, 0) is 42.3 Å². The fourth-order valence-corrected chi connectivity index (χ4v) is 3.33. The molecule has 0 aliphatic heterocycles. The van der Waals surface area contributed by atoms with Gasteiger partial charge in [0, 0.05) is 5.69 Å². The third-order valence-corrected chi connectivity index (χ3v) is 5.03. The Bertz CT molecular complexity index is 923. The number of esters is 1. The lowest BCUT2D eigenvalue weighted by atomic mass is 10.1. The fraction of sp³-hybridized carbons (Fsp3) is 0.263. The zero-order valence-electron chi connectivity index (χ0n) is 15.4. The molecule has 0 spiro atoms. The molecule has 2 aromatic rings. The van der Waals surface area contributed by atoms with Gasteiger partial charge in [-0.1, -0.05) is 25.1 Å². The third kappa shape index (κ3) is 5.55. The molecule has 0 aliphatic rings. The normalized spacial score (nSPS) is 10.9. The number of rotatable bonds is 7. The number of benzene rings is 2. The average molecular weight is 390 g/mol. The Balaban J connectivity index is 2.18. The van der Waals surface area contributed by atoms with Crippen LogP contribution < -0.4 is 9.62 Å². The number of hydrogen-bond donors (Lipinski definition) is 1. The molecule has 0 unspecified atom stereocenters. The molecule has 7 nitrogen and oxygen atoms in total. The summed E-state index contributed by atoms with van der Waals surface area (Å²) in [5, 5.41) is 2.60. The van der Waals surface area contributed by atoms with Crippen LogP contribution in [-0.4, -0.2) is 40.2 Å². The number of methoxy groups -OCH3 is 1. The molecule has 0 fully saturated rings. The van der Waals surface area contributed by atoms with Crippen LogP contribution in [0.25, 0.3) is 0 Å². The third-order valence-electron chi connectivity index (χ3n) is 3.89. The van der Waals surface area contributed by atoms with Gasteiger partial charge in [-0.2, -0.15) is 0 Å². The Hall–Kier alpha value is -2.87. The van der Waals surface area contributed by atoms with Gasteiger partial charge < -0.3 is 10.1 Å². The summed E-state index contributed by atoms with van der Waals surface area (Å²) < 4.78 is 30.0. The van der Waals surface area contributed by atoms with Crippen LogP contribution in [0.5, 0.6) is 0 Å². The Labute approximate surface area is 159 Å². The second-order valence-corrected chi connectivity index (χ2v) is 7.82. The van der Waals surface area contributed by atoms with Crippen LogP contribution in [0.3, 0.4) is 0 Å². The van der Waals surface area contributed by atoms with E-state index in [1.165, 1.54) is 13.2 Å². The number of nitrogens with zero attached hydrogens (tertiary/aromatic N) is 1. The lowest BCUT2D eigenvalue weighted by molar-refractivity contribution is -0.114. The van der Waals surface area contributed by atoms with E-state index in [-0.39, 0.29) is 12.1 Å². The highest BCUT2D eigenvalue weighted by Crippen LogP contribution is 2.19. The van der Waals surface area contributed by atoms with Crippen molar-refractivity contribution in [2.24, 2.45) is 0 Å². The predicted molar refractivity (Wildman–Crippen MR) is 104 cm³/mol. The first-order valence-electron chi connectivity index (χ1n) is 8.29. The molecule has 0 aliphatic carbocycles. The van der Waals surface area contributed by atoms with E-state index in [9.17, 15) is 18.0 Å². The summed E-state index contributed by atoms with van der Waals surface area (Å²) in [5.41, 5.74) is 2.13. The molecule has 0 aromatic heterocycles. The van der Waals surface area contributed by atoms with Crippen molar-refractivity contribution >= 4 is 33.3 Å². The first kappa shape index (κ1) is 20.4. The monoisotopic (exact) mass is 390 g/mol. The van der Waals surface area contributed by atoms with Crippen molar-refractivity contribution in [3.63, 3.8) is 0 Å². The molecule has 0 bridgehead atoms. The Morgan fingerprint density at radius 1 is 1.11 bits per heavy atom. The zero-order valence-corrected chi connectivity index (χ0v) is 16.2. The van der Waals surface area contributed by atoms with Crippen LogP contribution in [0.4, 0.5) is 11.4 Å². The maximum absolute atomic E-state index is 12.4. The summed E-state index contributed by atoms with van der Waals surface area (Å²) in [7, 11) is -2.39. The van der Waals surface area contributed by atoms with Crippen molar-refractivity contribution in [2.45, 2.75) is 13.3 Å². The second-order valence-electron chi connectivity index (χ2n) is 5.91. The molecule has 1 N–H and O–H groups in total. The number of amides is 1. The Kier molecular flexibility index (Phi) is 6.57. The molecule has 27 heavy (non-hydrogen) atoms. The van der Waals surface area contributed by atoms with Crippen LogP contribution >= 0.6 is 0 Å². The second kappa shape index (κ2) is 8.68. The first-order chi connectivity index (χ1) is 12.7. The van der Waals surface area contributed by atoms with Crippen LogP contribution in [0, 0.1) is 0 Å². The van der Waals surface area contributed by atoms with Crippen LogP contribution in [-0.2, 0) is 26.0 Å². The molecule has 0 atom stereocenters. The fourth-order valence-electron chi connectivity index (χ4n) is 2.47. The molecule has 144 valence electrons. The predicted octanol–water partition coefficient (Wildman–Crippen LogP) is 2.44. The average Bonchev–Trinajstić information content (AvgIpc) is 2.65. The van der Waals surface area contributed by atoms with Gasteiger partial charge in [0.1, 0.15) is 6.54 Å². The van der Waals surface area contributed by atoms with E-state index >= 15 is 0 Å². The van der Waals surface area contributed by atoms with Crippen molar-refractivity contribution in [2.75, 3.05) is 29.5 Å². The molecule has 0 saturated carbocycles. The zero-order chi connectivity index (χ0) is 20.0. The number of nitrogens with one attached hydrogen (secondary N) is 1. The number of carbonyl (C=O) groups excluding carboxylic acids is 2. The summed E-state index contributed by atoms with van der Waals surface area (Å²) >= 11 is 0. The number of carbonyl (C=O) groups is 2. The van der Waals surface area contributed by atoms with E-state index in [0.29, 0.717) is 11.4 Å². The van der Waals surface area contributed by atoms with Gasteiger partial charge in [0.05, 0.1) is 24.6 Å². The molecular formula is C19H22N2O5S. The molecule has 1 amide bonds. The van der Waals surface area contributed by atoms with E-state index in [4.69, 9.17) is 0 Å². The van der Waals surface area contributed by atoms with Crippen LogP contribution in [0.1, 0.15) is 22.8 Å². The van der Waals surface area contributed by atoms with Crippen molar-refractivity contribution < 1.29 is 22.7 Å². The van der Waals surface area contributed by atoms with Gasteiger partial charge in [0.25, 0.3) is 0 Å². The van der Waals surface area contributed by atoms with Gasteiger partial charge >= 0.3 is 5.97 Å². The summed E-state index contributed by atoms with van der Waals surface area (Å²) in [6, 6.07) is 13.2. The first-order valence-corrected chi connectivity index (χ1v) is 10.1. The van der Waals surface area contributed by atoms with Gasteiger partial charge in [0.2, 0.25) is 15.9 Å². The number of ether oxygens (including phenoxy) is 1. The van der Waals surface area contributed by atoms with Crippen molar-refractivity contribution in [1.29, 1.82) is 0 Å². The highest BCUT2D eigenvalue weighted by atomic mass is 32.2. The molecule has 0 saturated heterocycles. The topological polar surface area (TPSA) is 92.8 Å². The lowest BCUT2D eigenvalue weighted by Crippen LogP contribution is -2.37. The molecule has 0 heterocycles. The minimum atomic E-state index is -3.65. The smallest absolute Gasteiger partial charge is 0.337 e. The highest BCUT2D eigenvalue weighted by Gasteiger charge is 2.21. The van der Waals surface area contributed by atoms with Crippen molar-refractivity contribution in [3.8, 4) is 0 Å². The van der Waals surface area contributed by atoms with E-state index in [1.54, 1.807) is 30.3 Å². The molecule has 2 rings (SSSR count). The largest absolute Gasteiger partial charge is 0.465 e. The number of hydrogen-bond acceptors (Lipinski definition) is 5. The maximum Gasteiger partial charge on any atom is 0.337 e. The molecule has 8 heteroatoms. The Morgan fingerprint density at radius 3 is 2.33 bits per heavy atom. The van der Waals surface area contributed by atoms with E-state index in [1.807, 2.05) is 19.1 Å². The molecule has 0 radical (unpaired) electrons. The van der Waals surface area contributed by atoms with Gasteiger partial charge in [-0.15, -0.1) is 0 Å². The highest BCUT2D eigenvalue weighted by molar-refractivity contribution is 7.92. The SMILES string of the molecule is CCc1ccc(N(CC(=O)Nc2cccc(C(=O)OC)c2)S(C)(=O)=O)cc1. The Morgan fingerprint density at radius 2 is 1.78 bits per heavy atom. The van der Waals surface area contributed by atoms with E-state index < -0.39 is 21.9 Å².